The maximum absolute atomic E-state index is 4.47. The number of hydrogen-bond donors (Lipinski definition) is 1. The normalized spacial score (nSPS) is 10.6. The predicted molar refractivity (Wildman–Crippen MR) is 75.6 cm³/mol. The molecule has 94 valence electrons. The lowest BCUT2D eigenvalue weighted by Crippen LogP contribution is -2.17. The van der Waals surface area contributed by atoms with E-state index in [1.165, 1.54) is 11.1 Å². The predicted octanol–water partition coefficient (Wildman–Crippen LogP) is 3.03. The fourth-order valence-corrected chi connectivity index (χ4v) is 2.03. The van der Waals surface area contributed by atoms with Gasteiger partial charge in [0.1, 0.15) is 0 Å². The van der Waals surface area contributed by atoms with Crippen LogP contribution in [0.15, 0.2) is 42.5 Å². The Morgan fingerprint density at radius 3 is 2.61 bits per heavy atom. The summed E-state index contributed by atoms with van der Waals surface area (Å²) in [4.78, 5) is 4.47. The molecule has 1 aromatic carbocycles. The van der Waals surface area contributed by atoms with Gasteiger partial charge in [-0.15, -0.1) is 0 Å². The van der Waals surface area contributed by atoms with Gasteiger partial charge in [-0.3, -0.25) is 4.98 Å². The van der Waals surface area contributed by atoms with E-state index in [9.17, 15) is 0 Å². The van der Waals surface area contributed by atoms with Crippen molar-refractivity contribution in [3.8, 4) is 0 Å². The lowest BCUT2D eigenvalue weighted by Gasteiger charge is -2.07. The summed E-state index contributed by atoms with van der Waals surface area (Å²) in [7, 11) is 0. The first kappa shape index (κ1) is 12.8. The molecular formula is C16H20N2. The summed E-state index contributed by atoms with van der Waals surface area (Å²) in [6.45, 7) is 6.02. The third-order valence-electron chi connectivity index (χ3n) is 3.08. The molecule has 0 aliphatic rings. The largest absolute Gasteiger partial charge is 0.311 e. The highest BCUT2D eigenvalue weighted by Gasteiger charge is 1.98. The van der Waals surface area contributed by atoms with E-state index in [0.717, 1.165) is 30.9 Å². The summed E-state index contributed by atoms with van der Waals surface area (Å²) in [5.74, 6) is 0. The second-order valence-corrected chi connectivity index (χ2v) is 4.62. The molecule has 0 atom stereocenters. The molecule has 2 rings (SSSR count). The van der Waals surface area contributed by atoms with E-state index < -0.39 is 0 Å². The molecule has 1 heterocycles. The number of aromatic nitrogens is 1. The molecule has 1 N–H and O–H groups in total. The molecule has 2 aromatic rings. The minimum absolute atomic E-state index is 0.841. The van der Waals surface area contributed by atoms with Crippen molar-refractivity contribution in [2.45, 2.75) is 26.8 Å². The highest BCUT2D eigenvalue weighted by molar-refractivity contribution is 5.25. The summed E-state index contributed by atoms with van der Waals surface area (Å²) >= 11 is 0. The van der Waals surface area contributed by atoms with Crippen LogP contribution < -0.4 is 5.32 Å². The average Bonchev–Trinajstić information content (AvgIpc) is 2.37. The smallest absolute Gasteiger partial charge is 0.0544 e. The highest BCUT2D eigenvalue weighted by Crippen LogP contribution is 2.07. The van der Waals surface area contributed by atoms with Crippen LogP contribution in [0.4, 0.5) is 0 Å². The summed E-state index contributed by atoms with van der Waals surface area (Å²) < 4.78 is 0. The first-order valence-corrected chi connectivity index (χ1v) is 6.43. The summed E-state index contributed by atoms with van der Waals surface area (Å²) in [6, 6.07) is 14.7. The Balaban J connectivity index is 1.78. The van der Waals surface area contributed by atoms with Gasteiger partial charge in [0, 0.05) is 12.2 Å². The Hall–Kier alpha value is -1.67. The van der Waals surface area contributed by atoms with Gasteiger partial charge in [0.2, 0.25) is 0 Å². The van der Waals surface area contributed by atoms with Gasteiger partial charge < -0.3 is 5.32 Å². The molecule has 18 heavy (non-hydrogen) atoms. The monoisotopic (exact) mass is 240 g/mol. The molecule has 0 aliphatic heterocycles. The first-order valence-electron chi connectivity index (χ1n) is 6.43. The van der Waals surface area contributed by atoms with Crippen molar-refractivity contribution in [1.82, 2.24) is 10.3 Å². The minimum Gasteiger partial charge on any atom is -0.311 e. The summed E-state index contributed by atoms with van der Waals surface area (Å²) in [5, 5.41) is 3.44. The SMILES string of the molecule is Cc1cccc(CNCCc2ccccc2C)n1. The Kier molecular flexibility index (Phi) is 4.48. The van der Waals surface area contributed by atoms with E-state index >= 15 is 0 Å². The van der Waals surface area contributed by atoms with Crippen molar-refractivity contribution in [1.29, 1.82) is 0 Å². The van der Waals surface area contributed by atoms with Gasteiger partial charge in [-0.2, -0.15) is 0 Å². The lowest BCUT2D eigenvalue weighted by molar-refractivity contribution is 0.672. The van der Waals surface area contributed by atoms with Crippen molar-refractivity contribution in [2.24, 2.45) is 0 Å². The second-order valence-electron chi connectivity index (χ2n) is 4.62. The summed E-state index contributed by atoms with van der Waals surface area (Å²) in [6.07, 6.45) is 1.07. The van der Waals surface area contributed by atoms with Gasteiger partial charge in [0.05, 0.1) is 5.69 Å². The molecule has 0 bridgehead atoms. The number of benzene rings is 1. The minimum atomic E-state index is 0.841. The molecule has 1 aromatic heterocycles. The maximum Gasteiger partial charge on any atom is 0.0544 e. The van der Waals surface area contributed by atoms with Gasteiger partial charge >= 0.3 is 0 Å². The van der Waals surface area contributed by atoms with Crippen LogP contribution in [0.2, 0.25) is 0 Å². The molecule has 0 aliphatic carbocycles. The molecule has 0 radical (unpaired) electrons. The van der Waals surface area contributed by atoms with E-state index in [4.69, 9.17) is 0 Å². The standard InChI is InChI=1S/C16H20N2/c1-13-6-3-4-8-15(13)10-11-17-12-16-9-5-7-14(2)18-16/h3-9,17H,10-12H2,1-2H3. The fourth-order valence-electron chi connectivity index (χ4n) is 2.03. The zero-order valence-electron chi connectivity index (χ0n) is 11.1. The van der Waals surface area contributed by atoms with E-state index in [1.54, 1.807) is 0 Å². The number of nitrogens with zero attached hydrogens (tertiary/aromatic N) is 1. The van der Waals surface area contributed by atoms with E-state index in [0.29, 0.717) is 0 Å². The van der Waals surface area contributed by atoms with Gasteiger partial charge in [-0.05, 0) is 50.1 Å². The van der Waals surface area contributed by atoms with E-state index in [2.05, 4.69) is 53.6 Å². The van der Waals surface area contributed by atoms with Crippen LogP contribution in [0.1, 0.15) is 22.5 Å². The third-order valence-corrected chi connectivity index (χ3v) is 3.08. The maximum atomic E-state index is 4.47. The van der Waals surface area contributed by atoms with Crippen molar-refractivity contribution in [2.75, 3.05) is 6.54 Å². The Morgan fingerprint density at radius 2 is 1.83 bits per heavy atom. The zero-order valence-corrected chi connectivity index (χ0v) is 11.1. The van der Waals surface area contributed by atoms with Crippen molar-refractivity contribution >= 4 is 0 Å². The second kappa shape index (κ2) is 6.31. The fraction of sp³-hybridized carbons (Fsp3) is 0.312. The third kappa shape index (κ3) is 3.67. The van der Waals surface area contributed by atoms with Crippen LogP contribution in [0.3, 0.4) is 0 Å². The number of hydrogen-bond acceptors (Lipinski definition) is 2. The van der Waals surface area contributed by atoms with Crippen LogP contribution in [0.5, 0.6) is 0 Å². The lowest BCUT2D eigenvalue weighted by atomic mass is 10.1. The van der Waals surface area contributed by atoms with Gasteiger partial charge in [-0.25, -0.2) is 0 Å². The molecule has 0 unspecified atom stereocenters. The van der Waals surface area contributed by atoms with Crippen LogP contribution in [0, 0.1) is 13.8 Å². The topological polar surface area (TPSA) is 24.9 Å². The van der Waals surface area contributed by atoms with Crippen molar-refractivity contribution in [3.05, 3.63) is 65.0 Å². The Bertz CT molecular complexity index is 506. The van der Waals surface area contributed by atoms with Crippen molar-refractivity contribution in [3.63, 3.8) is 0 Å². The number of aryl methyl sites for hydroxylation is 2. The number of nitrogens with one attached hydrogen (secondary N) is 1. The number of pyridine rings is 1. The molecule has 0 saturated carbocycles. The number of rotatable bonds is 5. The van der Waals surface area contributed by atoms with E-state index in [1.807, 2.05) is 13.0 Å². The molecule has 2 heteroatoms. The molecule has 0 spiro atoms. The van der Waals surface area contributed by atoms with Crippen LogP contribution in [0.25, 0.3) is 0 Å². The first-order chi connectivity index (χ1) is 8.75. The molecule has 2 nitrogen and oxygen atoms in total. The quantitative estimate of drug-likeness (QED) is 0.813. The Morgan fingerprint density at radius 1 is 1.00 bits per heavy atom. The van der Waals surface area contributed by atoms with Crippen molar-refractivity contribution < 1.29 is 0 Å². The van der Waals surface area contributed by atoms with Crippen LogP contribution in [-0.4, -0.2) is 11.5 Å². The molecule has 0 amide bonds. The van der Waals surface area contributed by atoms with Crippen LogP contribution >= 0.6 is 0 Å². The zero-order chi connectivity index (χ0) is 12.8. The van der Waals surface area contributed by atoms with Gasteiger partial charge in [0.15, 0.2) is 0 Å². The molecular weight excluding hydrogens is 220 g/mol. The average molecular weight is 240 g/mol. The Labute approximate surface area is 109 Å². The van der Waals surface area contributed by atoms with Crippen LogP contribution in [-0.2, 0) is 13.0 Å². The molecule has 0 saturated heterocycles. The van der Waals surface area contributed by atoms with Gasteiger partial charge in [0.25, 0.3) is 0 Å². The van der Waals surface area contributed by atoms with Gasteiger partial charge in [-0.1, -0.05) is 30.3 Å². The van der Waals surface area contributed by atoms with E-state index in [-0.39, 0.29) is 0 Å². The summed E-state index contributed by atoms with van der Waals surface area (Å²) in [5.41, 5.74) is 4.98. The molecule has 0 fully saturated rings. The highest BCUT2D eigenvalue weighted by atomic mass is 14.9.